The highest BCUT2D eigenvalue weighted by Gasteiger charge is 2.32. The van der Waals surface area contributed by atoms with Gasteiger partial charge in [0, 0.05) is 20.2 Å². The van der Waals surface area contributed by atoms with Crippen LogP contribution >= 0.6 is 22.9 Å². The van der Waals surface area contributed by atoms with Gasteiger partial charge in [-0.3, -0.25) is 4.79 Å². The molecule has 1 N–H and O–H groups in total. The van der Waals surface area contributed by atoms with E-state index >= 15 is 0 Å². The van der Waals surface area contributed by atoms with Crippen molar-refractivity contribution < 1.29 is 8.78 Å². The van der Waals surface area contributed by atoms with E-state index in [1.165, 1.54) is 0 Å². The van der Waals surface area contributed by atoms with E-state index in [0.29, 0.717) is 5.13 Å². The Morgan fingerprint density at radius 1 is 1.53 bits per heavy atom. The maximum Gasteiger partial charge on any atom is 0.349 e. The molecule has 0 bridgehead atoms. The number of pyridine rings is 1. The molecule has 0 atom stereocenters. The Kier molecular flexibility index (Phi) is 2.82. The topological polar surface area (TPSA) is 49.0 Å². The molecule has 0 fully saturated rings. The third-order valence-electron chi connectivity index (χ3n) is 2.07. The average Bonchev–Trinajstić information content (AvgIpc) is 2.58. The van der Waals surface area contributed by atoms with Gasteiger partial charge in [0.15, 0.2) is 10.8 Å². The van der Waals surface area contributed by atoms with Crippen molar-refractivity contribution in [1.82, 2.24) is 9.97 Å². The first-order valence-electron chi connectivity index (χ1n) is 4.57. The summed E-state index contributed by atoms with van der Waals surface area (Å²) in [5, 5.41) is -3.06. The number of alkyl halides is 3. The monoisotopic (exact) mass is 279 g/mol. The first kappa shape index (κ1) is 12.3. The van der Waals surface area contributed by atoms with Gasteiger partial charge in [0.1, 0.15) is 0 Å². The Hall–Kier alpha value is -1.21. The van der Waals surface area contributed by atoms with Crippen molar-refractivity contribution in [1.29, 1.82) is 0 Å². The van der Waals surface area contributed by atoms with Crippen molar-refractivity contribution in [2.75, 3.05) is 19.0 Å². The summed E-state index contributed by atoms with van der Waals surface area (Å²) in [4.78, 5) is 19.3. The highest BCUT2D eigenvalue weighted by atomic mass is 35.5. The summed E-state index contributed by atoms with van der Waals surface area (Å²) >= 11 is 6.03. The fourth-order valence-electron chi connectivity index (χ4n) is 1.33. The molecular weight excluding hydrogens is 272 g/mol. The standard InChI is InChI=1S/C9H8ClF2N3OS/c1-15(2)8-14-7-6(17-8)4(9(10,11)12)3-5(16)13-7/h3H,1-2H3,(H,13,16). The zero-order valence-electron chi connectivity index (χ0n) is 8.92. The van der Waals surface area contributed by atoms with Crippen molar-refractivity contribution in [3.8, 4) is 0 Å². The summed E-state index contributed by atoms with van der Waals surface area (Å²) in [7, 11) is 3.46. The smallest absolute Gasteiger partial charge is 0.349 e. The second-order valence-electron chi connectivity index (χ2n) is 3.61. The van der Waals surface area contributed by atoms with Crippen LogP contribution in [0.4, 0.5) is 13.9 Å². The number of nitrogens with one attached hydrogen (secondary N) is 1. The van der Waals surface area contributed by atoms with Gasteiger partial charge in [-0.25, -0.2) is 4.98 Å². The lowest BCUT2D eigenvalue weighted by Gasteiger charge is -2.07. The van der Waals surface area contributed by atoms with E-state index in [1.807, 2.05) is 0 Å². The quantitative estimate of drug-likeness (QED) is 0.859. The van der Waals surface area contributed by atoms with Crippen LogP contribution in [0.1, 0.15) is 5.56 Å². The number of H-pyrrole nitrogens is 1. The molecular formula is C9H8ClF2N3OS. The van der Waals surface area contributed by atoms with E-state index in [1.54, 1.807) is 19.0 Å². The van der Waals surface area contributed by atoms with Crippen molar-refractivity contribution in [3.05, 3.63) is 22.0 Å². The Morgan fingerprint density at radius 2 is 2.18 bits per heavy atom. The summed E-state index contributed by atoms with van der Waals surface area (Å²) in [5.74, 6) is 0. The predicted octanol–water partition coefficient (Wildman–Crippen LogP) is 2.34. The summed E-state index contributed by atoms with van der Waals surface area (Å²) in [6.07, 6.45) is 0. The van der Waals surface area contributed by atoms with Gasteiger partial charge >= 0.3 is 5.38 Å². The molecule has 17 heavy (non-hydrogen) atoms. The minimum atomic E-state index is -3.58. The average molecular weight is 280 g/mol. The molecule has 0 amide bonds. The van der Waals surface area contributed by atoms with E-state index in [4.69, 9.17) is 11.6 Å². The molecule has 2 aromatic rings. The van der Waals surface area contributed by atoms with Gasteiger partial charge in [0.05, 0.1) is 10.3 Å². The lowest BCUT2D eigenvalue weighted by molar-refractivity contribution is 0.0968. The van der Waals surface area contributed by atoms with Gasteiger partial charge in [0.2, 0.25) is 5.56 Å². The zero-order valence-corrected chi connectivity index (χ0v) is 10.5. The molecule has 0 saturated carbocycles. The summed E-state index contributed by atoms with van der Waals surface area (Å²) < 4.78 is 26.5. The molecule has 0 spiro atoms. The molecule has 0 aromatic carbocycles. The molecule has 0 radical (unpaired) electrons. The van der Waals surface area contributed by atoms with Gasteiger partial charge in [-0.15, -0.1) is 0 Å². The number of rotatable bonds is 2. The molecule has 0 aliphatic carbocycles. The zero-order chi connectivity index (χ0) is 12.8. The highest BCUT2D eigenvalue weighted by molar-refractivity contribution is 7.22. The van der Waals surface area contributed by atoms with Crippen molar-refractivity contribution in [3.63, 3.8) is 0 Å². The van der Waals surface area contributed by atoms with E-state index in [2.05, 4.69) is 9.97 Å². The van der Waals surface area contributed by atoms with Crippen molar-refractivity contribution in [2.45, 2.75) is 5.38 Å². The second kappa shape index (κ2) is 3.92. The van der Waals surface area contributed by atoms with Crippen LogP contribution in [0, 0.1) is 0 Å². The lowest BCUT2D eigenvalue weighted by Crippen LogP contribution is -2.12. The number of nitrogens with zero attached hydrogens (tertiary/aromatic N) is 2. The highest BCUT2D eigenvalue weighted by Crippen LogP contribution is 2.39. The predicted molar refractivity (Wildman–Crippen MR) is 64.3 cm³/mol. The van der Waals surface area contributed by atoms with Crippen LogP contribution in [-0.4, -0.2) is 24.1 Å². The Balaban J connectivity index is 2.79. The molecule has 2 heterocycles. The Morgan fingerprint density at radius 3 is 2.71 bits per heavy atom. The van der Waals surface area contributed by atoms with E-state index in [9.17, 15) is 13.6 Å². The van der Waals surface area contributed by atoms with Gasteiger partial charge in [-0.05, 0) is 11.6 Å². The van der Waals surface area contributed by atoms with Crippen LogP contribution in [0.15, 0.2) is 10.9 Å². The number of halogens is 3. The number of hydrogen-bond acceptors (Lipinski definition) is 4. The Bertz CT molecular complexity index is 617. The number of anilines is 1. The fraction of sp³-hybridized carbons (Fsp3) is 0.333. The normalized spacial score (nSPS) is 12.1. The van der Waals surface area contributed by atoms with Crippen LogP contribution in [0.3, 0.4) is 0 Å². The second-order valence-corrected chi connectivity index (χ2v) is 5.07. The minimum Gasteiger partial charge on any atom is -0.354 e. The van der Waals surface area contributed by atoms with Crippen molar-refractivity contribution in [2.24, 2.45) is 0 Å². The summed E-state index contributed by atoms with van der Waals surface area (Å²) in [6, 6.07) is 0.799. The molecule has 92 valence electrons. The minimum absolute atomic E-state index is 0.126. The lowest BCUT2D eigenvalue weighted by atomic mass is 10.2. The molecule has 2 rings (SSSR count). The Labute approximate surface area is 104 Å². The maximum atomic E-state index is 13.2. The largest absolute Gasteiger partial charge is 0.354 e. The van der Waals surface area contributed by atoms with Crippen LogP contribution in [0.5, 0.6) is 0 Å². The number of fused-ring (bicyclic) bond motifs is 1. The van der Waals surface area contributed by atoms with Gasteiger partial charge in [-0.1, -0.05) is 11.3 Å². The van der Waals surface area contributed by atoms with Crippen molar-refractivity contribution >= 4 is 38.4 Å². The van der Waals surface area contributed by atoms with Gasteiger partial charge in [-0.2, -0.15) is 8.78 Å². The molecule has 0 aliphatic heterocycles. The molecule has 8 heteroatoms. The number of hydrogen-bond donors (Lipinski definition) is 1. The fourth-order valence-corrected chi connectivity index (χ4v) is 2.52. The van der Waals surface area contributed by atoms with Crippen LogP contribution < -0.4 is 10.5 Å². The van der Waals surface area contributed by atoms with E-state index in [0.717, 1.165) is 17.4 Å². The number of aromatic amines is 1. The van der Waals surface area contributed by atoms with Gasteiger partial charge < -0.3 is 9.88 Å². The first-order chi connectivity index (χ1) is 7.79. The SMILES string of the molecule is CN(C)c1nc2[nH]c(=O)cc(C(F)(F)Cl)c2s1. The van der Waals surface area contributed by atoms with E-state index < -0.39 is 16.5 Å². The molecule has 0 saturated heterocycles. The molecule has 4 nitrogen and oxygen atoms in total. The van der Waals surface area contributed by atoms with Crippen LogP contribution in [0.2, 0.25) is 0 Å². The maximum absolute atomic E-state index is 13.2. The van der Waals surface area contributed by atoms with E-state index in [-0.39, 0.29) is 10.3 Å². The van der Waals surface area contributed by atoms with Gasteiger partial charge in [0.25, 0.3) is 0 Å². The molecule has 0 unspecified atom stereocenters. The summed E-state index contributed by atoms with van der Waals surface area (Å²) in [6.45, 7) is 0. The third-order valence-corrected chi connectivity index (χ3v) is 3.53. The molecule has 2 aromatic heterocycles. The molecule has 0 aliphatic rings. The summed E-state index contributed by atoms with van der Waals surface area (Å²) in [5.41, 5.74) is -1.03. The van der Waals surface area contributed by atoms with Crippen LogP contribution in [0.25, 0.3) is 10.3 Å². The third kappa shape index (κ3) is 2.25. The number of thiazole rings is 1. The number of aromatic nitrogens is 2. The first-order valence-corrected chi connectivity index (χ1v) is 5.77. The van der Waals surface area contributed by atoms with Crippen LogP contribution in [-0.2, 0) is 5.38 Å².